The molecule has 1 aliphatic rings. The van der Waals surface area contributed by atoms with E-state index < -0.39 is 10.0 Å². The maximum atomic E-state index is 12.8. The molecule has 8 heteroatoms. The topological polar surface area (TPSA) is 76.3 Å². The van der Waals surface area contributed by atoms with E-state index in [4.69, 9.17) is 16.1 Å². The Balaban J connectivity index is 1.56. The van der Waals surface area contributed by atoms with Gasteiger partial charge in [-0.3, -0.25) is 0 Å². The molecule has 0 saturated carbocycles. The number of sulfonamides is 1. The zero-order valence-electron chi connectivity index (χ0n) is 15.4. The number of hydrogen-bond acceptors (Lipinski definition) is 5. The molecule has 0 unspecified atom stereocenters. The molecule has 1 aliphatic heterocycles. The summed E-state index contributed by atoms with van der Waals surface area (Å²) in [6.45, 7) is 3.29. The molecule has 3 aromatic rings. The van der Waals surface area contributed by atoms with E-state index >= 15 is 0 Å². The van der Waals surface area contributed by atoms with Crippen LogP contribution in [0.15, 0.2) is 57.9 Å². The molecule has 0 aliphatic carbocycles. The summed E-state index contributed by atoms with van der Waals surface area (Å²) in [5, 5.41) is 4.51. The molecule has 28 heavy (non-hydrogen) atoms. The minimum absolute atomic E-state index is 0.278. The fraction of sp³-hybridized carbons (Fsp3) is 0.300. The molecule has 0 bridgehead atoms. The van der Waals surface area contributed by atoms with Gasteiger partial charge < -0.3 is 4.52 Å². The van der Waals surface area contributed by atoms with E-state index in [1.165, 1.54) is 0 Å². The summed E-state index contributed by atoms with van der Waals surface area (Å²) >= 11 is 6.17. The second-order valence-electron chi connectivity index (χ2n) is 7.01. The number of hydrogen-bond donors (Lipinski definition) is 0. The molecule has 0 atom stereocenters. The number of benzene rings is 2. The number of nitrogens with zero attached hydrogens (tertiary/aromatic N) is 3. The third-order valence-electron chi connectivity index (χ3n) is 5.02. The number of halogens is 1. The molecular formula is C20H20ClN3O3S. The molecule has 0 amide bonds. The minimum atomic E-state index is -3.48. The Morgan fingerprint density at radius 2 is 1.75 bits per heavy atom. The Labute approximate surface area is 169 Å². The van der Waals surface area contributed by atoms with Crippen LogP contribution in [0.2, 0.25) is 5.02 Å². The molecule has 0 radical (unpaired) electrons. The van der Waals surface area contributed by atoms with Gasteiger partial charge in [0.05, 0.1) is 15.5 Å². The quantitative estimate of drug-likeness (QED) is 0.625. The number of aromatic nitrogens is 2. The van der Waals surface area contributed by atoms with E-state index in [2.05, 4.69) is 17.1 Å². The SMILES string of the molecule is CC1CCN(S(=O)(=O)c2ccc(-c3noc(-c4ccccc4Cl)n3)cc2)CC1. The molecule has 4 rings (SSSR count). The van der Waals surface area contributed by atoms with Gasteiger partial charge in [0, 0.05) is 18.7 Å². The Kier molecular flexibility index (Phi) is 5.23. The third-order valence-corrected chi connectivity index (χ3v) is 7.27. The van der Waals surface area contributed by atoms with E-state index in [-0.39, 0.29) is 4.90 Å². The first-order valence-electron chi connectivity index (χ1n) is 9.14. The van der Waals surface area contributed by atoms with Gasteiger partial charge in [-0.1, -0.05) is 35.8 Å². The van der Waals surface area contributed by atoms with Crippen molar-refractivity contribution in [2.24, 2.45) is 5.92 Å². The normalized spacial score (nSPS) is 16.4. The van der Waals surface area contributed by atoms with Crippen molar-refractivity contribution in [3.63, 3.8) is 0 Å². The van der Waals surface area contributed by atoms with Crippen LogP contribution in [-0.4, -0.2) is 36.0 Å². The molecule has 2 aromatic carbocycles. The molecule has 0 N–H and O–H groups in total. The Morgan fingerprint density at radius 1 is 1.07 bits per heavy atom. The molecule has 2 heterocycles. The average Bonchev–Trinajstić information content (AvgIpc) is 3.19. The lowest BCUT2D eigenvalue weighted by atomic mass is 10.0. The smallest absolute Gasteiger partial charge is 0.259 e. The van der Waals surface area contributed by atoms with Crippen molar-refractivity contribution in [2.45, 2.75) is 24.7 Å². The van der Waals surface area contributed by atoms with Gasteiger partial charge in [0.1, 0.15) is 0 Å². The average molecular weight is 418 g/mol. The fourth-order valence-corrected chi connectivity index (χ4v) is 4.92. The van der Waals surface area contributed by atoms with E-state index in [0.717, 1.165) is 12.8 Å². The predicted molar refractivity (Wildman–Crippen MR) is 107 cm³/mol. The van der Waals surface area contributed by atoms with Gasteiger partial charge >= 0.3 is 0 Å². The second kappa shape index (κ2) is 7.66. The van der Waals surface area contributed by atoms with Crippen molar-refractivity contribution in [2.75, 3.05) is 13.1 Å². The standard InChI is InChI=1S/C20H20ClN3O3S/c1-14-10-12-24(13-11-14)28(25,26)16-8-6-15(7-9-16)19-22-20(27-23-19)17-4-2-3-5-18(17)21/h2-9,14H,10-13H2,1H3. The molecule has 0 spiro atoms. The summed E-state index contributed by atoms with van der Waals surface area (Å²) in [7, 11) is -3.48. The summed E-state index contributed by atoms with van der Waals surface area (Å²) in [4.78, 5) is 4.66. The summed E-state index contributed by atoms with van der Waals surface area (Å²) in [5.74, 6) is 1.27. The van der Waals surface area contributed by atoms with Gasteiger partial charge in [0.15, 0.2) is 0 Å². The van der Waals surface area contributed by atoms with E-state index in [1.807, 2.05) is 12.1 Å². The number of rotatable bonds is 4. The molecule has 6 nitrogen and oxygen atoms in total. The van der Waals surface area contributed by atoms with Crippen molar-refractivity contribution in [1.29, 1.82) is 0 Å². The van der Waals surface area contributed by atoms with E-state index in [9.17, 15) is 8.42 Å². The first kappa shape index (κ1) is 19.1. The van der Waals surface area contributed by atoms with Crippen LogP contribution in [0.1, 0.15) is 19.8 Å². The third kappa shape index (κ3) is 3.70. The van der Waals surface area contributed by atoms with Gasteiger partial charge in [-0.2, -0.15) is 9.29 Å². The highest BCUT2D eigenvalue weighted by molar-refractivity contribution is 7.89. The first-order chi connectivity index (χ1) is 13.4. The van der Waals surface area contributed by atoms with Crippen LogP contribution >= 0.6 is 11.6 Å². The Morgan fingerprint density at radius 3 is 2.43 bits per heavy atom. The van der Waals surface area contributed by atoms with Crippen LogP contribution in [0.25, 0.3) is 22.8 Å². The zero-order chi connectivity index (χ0) is 19.7. The van der Waals surface area contributed by atoms with Crippen molar-refractivity contribution < 1.29 is 12.9 Å². The molecule has 146 valence electrons. The highest BCUT2D eigenvalue weighted by Gasteiger charge is 2.28. The highest BCUT2D eigenvalue weighted by Crippen LogP contribution is 2.29. The summed E-state index contributed by atoms with van der Waals surface area (Å²) in [5.41, 5.74) is 1.33. The Bertz CT molecular complexity index is 1070. The van der Waals surface area contributed by atoms with Gasteiger partial charge in [-0.15, -0.1) is 0 Å². The van der Waals surface area contributed by atoms with Crippen LogP contribution < -0.4 is 0 Å². The van der Waals surface area contributed by atoms with Crippen LogP contribution in [0.3, 0.4) is 0 Å². The monoisotopic (exact) mass is 417 g/mol. The highest BCUT2D eigenvalue weighted by atomic mass is 35.5. The molecular weight excluding hydrogens is 398 g/mol. The largest absolute Gasteiger partial charge is 0.334 e. The van der Waals surface area contributed by atoms with Gasteiger partial charge in [0.2, 0.25) is 15.8 Å². The van der Waals surface area contributed by atoms with Gasteiger partial charge in [-0.05, 0) is 55.2 Å². The van der Waals surface area contributed by atoms with E-state index in [0.29, 0.717) is 46.9 Å². The maximum absolute atomic E-state index is 12.8. The minimum Gasteiger partial charge on any atom is -0.334 e. The molecule has 1 saturated heterocycles. The lowest BCUT2D eigenvalue weighted by molar-refractivity contribution is 0.288. The van der Waals surface area contributed by atoms with Crippen LogP contribution in [-0.2, 0) is 10.0 Å². The predicted octanol–water partition coefficient (Wildman–Crippen LogP) is 4.48. The van der Waals surface area contributed by atoms with Gasteiger partial charge in [0.25, 0.3) is 5.89 Å². The molecule has 1 fully saturated rings. The molecule has 1 aromatic heterocycles. The van der Waals surface area contributed by atoms with Crippen molar-refractivity contribution in [3.05, 3.63) is 53.6 Å². The van der Waals surface area contributed by atoms with Crippen molar-refractivity contribution >= 4 is 21.6 Å². The zero-order valence-corrected chi connectivity index (χ0v) is 16.9. The lowest BCUT2D eigenvalue weighted by Gasteiger charge is -2.29. The first-order valence-corrected chi connectivity index (χ1v) is 11.0. The number of piperidine rings is 1. The second-order valence-corrected chi connectivity index (χ2v) is 9.36. The summed E-state index contributed by atoms with van der Waals surface area (Å²) < 4.78 is 32.5. The maximum Gasteiger partial charge on any atom is 0.259 e. The lowest BCUT2D eigenvalue weighted by Crippen LogP contribution is -2.37. The van der Waals surface area contributed by atoms with E-state index in [1.54, 1.807) is 40.7 Å². The van der Waals surface area contributed by atoms with Crippen LogP contribution in [0, 0.1) is 5.92 Å². The van der Waals surface area contributed by atoms with Crippen molar-refractivity contribution in [3.8, 4) is 22.8 Å². The summed E-state index contributed by atoms with van der Waals surface area (Å²) in [6.07, 6.45) is 1.79. The van der Waals surface area contributed by atoms with Crippen LogP contribution in [0.5, 0.6) is 0 Å². The van der Waals surface area contributed by atoms with Crippen LogP contribution in [0.4, 0.5) is 0 Å². The Hall–Kier alpha value is -2.22. The fourth-order valence-electron chi connectivity index (χ4n) is 3.24. The van der Waals surface area contributed by atoms with Crippen molar-refractivity contribution in [1.82, 2.24) is 14.4 Å². The summed E-state index contributed by atoms with van der Waals surface area (Å²) in [6, 6.07) is 13.8. The van der Waals surface area contributed by atoms with Gasteiger partial charge in [-0.25, -0.2) is 8.42 Å².